The number of thiophene rings is 1. The number of fused-ring (bicyclic) bond motifs is 1. The number of sulfonamides is 1. The summed E-state index contributed by atoms with van der Waals surface area (Å²) in [6.45, 7) is 4.51. The Balaban J connectivity index is 1.87. The highest BCUT2D eigenvalue weighted by atomic mass is 32.2. The Morgan fingerprint density at radius 3 is 2.42 bits per heavy atom. The third kappa shape index (κ3) is 2.90. The SMILES string of the molecule is Cc1ccc(S(=O)(=O)N2CCc3sccc3[C@@H]2c2ccccc2C)cc1. The van der Waals surface area contributed by atoms with Crippen LogP contribution in [-0.4, -0.2) is 19.3 Å². The van der Waals surface area contributed by atoms with Crippen LogP contribution in [0.25, 0.3) is 0 Å². The minimum absolute atomic E-state index is 0.266. The van der Waals surface area contributed by atoms with Crippen LogP contribution in [0, 0.1) is 13.8 Å². The summed E-state index contributed by atoms with van der Waals surface area (Å²) in [5.41, 5.74) is 4.34. The van der Waals surface area contributed by atoms with Gasteiger partial charge in [-0.15, -0.1) is 11.3 Å². The van der Waals surface area contributed by atoms with Crippen molar-refractivity contribution in [3.05, 3.63) is 87.1 Å². The minimum atomic E-state index is -3.58. The fourth-order valence-electron chi connectivity index (χ4n) is 3.61. The average molecular weight is 384 g/mol. The second kappa shape index (κ2) is 6.65. The molecule has 3 aromatic rings. The van der Waals surface area contributed by atoms with Gasteiger partial charge in [-0.25, -0.2) is 8.42 Å². The highest BCUT2D eigenvalue weighted by Crippen LogP contribution is 2.41. The van der Waals surface area contributed by atoms with E-state index in [2.05, 4.69) is 11.4 Å². The van der Waals surface area contributed by atoms with Crippen molar-refractivity contribution in [2.45, 2.75) is 31.2 Å². The Morgan fingerprint density at radius 2 is 1.69 bits per heavy atom. The molecule has 0 N–H and O–H groups in total. The van der Waals surface area contributed by atoms with Crippen LogP contribution in [0.15, 0.2) is 64.9 Å². The van der Waals surface area contributed by atoms with E-state index < -0.39 is 10.0 Å². The monoisotopic (exact) mass is 383 g/mol. The van der Waals surface area contributed by atoms with E-state index in [1.807, 2.05) is 50.2 Å². The summed E-state index contributed by atoms with van der Waals surface area (Å²) in [6, 6.07) is 17.0. The second-order valence-corrected chi connectivity index (χ2v) is 9.63. The maximum atomic E-state index is 13.5. The van der Waals surface area contributed by atoms with Gasteiger partial charge in [-0.2, -0.15) is 4.31 Å². The van der Waals surface area contributed by atoms with Crippen LogP contribution in [0.2, 0.25) is 0 Å². The zero-order valence-corrected chi connectivity index (χ0v) is 16.5. The van der Waals surface area contributed by atoms with Crippen molar-refractivity contribution in [3.63, 3.8) is 0 Å². The van der Waals surface area contributed by atoms with Crippen LogP contribution in [0.5, 0.6) is 0 Å². The van der Waals surface area contributed by atoms with Crippen molar-refractivity contribution in [1.82, 2.24) is 4.31 Å². The van der Waals surface area contributed by atoms with Crippen molar-refractivity contribution in [2.24, 2.45) is 0 Å². The van der Waals surface area contributed by atoms with Crippen LogP contribution < -0.4 is 0 Å². The Kier molecular flexibility index (Phi) is 4.47. The molecule has 0 fully saturated rings. The molecule has 3 nitrogen and oxygen atoms in total. The van der Waals surface area contributed by atoms with Crippen LogP contribution in [0.4, 0.5) is 0 Å². The zero-order valence-electron chi connectivity index (χ0n) is 14.8. The first-order valence-electron chi connectivity index (χ1n) is 8.69. The summed E-state index contributed by atoms with van der Waals surface area (Å²) in [5, 5.41) is 2.07. The van der Waals surface area contributed by atoms with E-state index in [0.29, 0.717) is 11.4 Å². The van der Waals surface area contributed by atoms with Crippen LogP contribution in [-0.2, 0) is 16.4 Å². The molecule has 5 heteroatoms. The summed E-state index contributed by atoms with van der Waals surface area (Å²) >= 11 is 1.72. The molecule has 134 valence electrons. The smallest absolute Gasteiger partial charge is 0.207 e. The fraction of sp³-hybridized carbons (Fsp3) is 0.238. The van der Waals surface area contributed by atoms with Gasteiger partial charge in [0.1, 0.15) is 0 Å². The maximum absolute atomic E-state index is 13.5. The van der Waals surface area contributed by atoms with Gasteiger partial charge in [-0.3, -0.25) is 0 Å². The lowest BCUT2D eigenvalue weighted by molar-refractivity contribution is 0.346. The predicted molar refractivity (Wildman–Crippen MR) is 106 cm³/mol. The third-order valence-electron chi connectivity index (χ3n) is 5.03. The molecule has 0 saturated carbocycles. The molecular weight excluding hydrogens is 362 g/mol. The molecular formula is C21H21NO2S2. The molecule has 2 heterocycles. The Labute approximate surface area is 159 Å². The van der Waals surface area contributed by atoms with E-state index in [0.717, 1.165) is 28.7 Å². The average Bonchev–Trinajstić information content (AvgIpc) is 3.10. The maximum Gasteiger partial charge on any atom is 0.243 e. The van der Waals surface area contributed by atoms with E-state index in [9.17, 15) is 8.42 Å². The normalized spacial score (nSPS) is 17.8. The highest BCUT2D eigenvalue weighted by molar-refractivity contribution is 7.89. The number of aryl methyl sites for hydroxylation is 2. The third-order valence-corrected chi connectivity index (χ3v) is 7.91. The van der Waals surface area contributed by atoms with Gasteiger partial charge in [0.2, 0.25) is 10.0 Å². The van der Waals surface area contributed by atoms with Crippen LogP contribution in [0.3, 0.4) is 0 Å². The first-order valence-corrected chi connectivity index (χ1v) is 11.0. The highest BCUT2D eigenvalue weighted by Gasteiger charge is 2.38. The lowest BCUT2D eigenvalue weighted by Gasteiger charge is -2.36. The number of hydrogen-bond acceptors (Lipinski definition) is 3. The first kappa shape index (κ1) is 17.5. The molecule has 0 unspecified atom stereocenters. The van der Waals surface area contributed by atoms with Crippen molar-refractivity contribution in [3.8, 4) is 0 Å². The summed E-state index contributed by atoms with van der Waals surface area (Å²) in [4.78, 5) is 1.65. The number of rotatable bonds is 3. The van der Waals surface area contributed by atoms with Gasteiger partial charge < -0.3 is 0 Å². The molecule has 0 aliphatic carbocycles. The predicted octanol–water partition coefficient (Wildman–Crippen LogP) is 4.70. The molecule has 1 aromatic heterocycles. The van der Waals surface area contributed by atoms with E-state index in [1.165, 1.54) is 4.88 Å². The van der Waals surface area contributed by atoms with Gasteiger partial charge in [0.05, 0.1) is 10.9 Å². The summed E-state index contributed by atoms with van der Waals surface area (Å²) < 4.78 is 28.6. The zero-order chi connectivity index (χ0) is 18.3. The molecule has 0 saturated heterocycles. The minimum Gasteiger partial charge on any atom is -0.207 e. The molecule has 4 rings (SSSR count). The quantitative estimate of drug-likeness (QED) is 0.657. The van der Waals surface area contributed by atoms with E-state index in [-0.39, 0.29) is 6.04 Å². The van der Waals surface area contributed by atoms with Crippen molar-refractivity contribution in [2.75, 3.05) is 6.54 Å². The summed E-state index contributed by atoms with van der Waals surface area (Å²) in [7, 11) is -3.58. The Bertz CT molecular complexity index is 1040. The van der Waals surface area contributed by atoms with Crippen molar-refractivity contribution in [1.29, 1.82) is 0 Å². The Hall–Kier alpha value is -1.95. The van der Waals surface area contributed by atoms with Gasteiger partial charge >= 0.3 is 0 Å². The van der Waals surface area contributed by atoms with E-state index in [4.69, 9.17) is 0 Å². The molecule has 0 amide bonds. The summed E-state index contributed by atoms with van der Waals surface area (Å²) in [5.74, 6) is 0. The summed E-state index contributed by atoms with van der Waals surface area (Å²) in [6.07, 6.45) is 0.764. The van der Waals surface area contributed by atoms with Crippen LogP contribution >= 0.6 is 11.3 Å². The molecule has 2 aromatic carbocycles. The van der Waals surface area contributed by atoms with Crippen molar-refractivity contribution >= 4 is 21.4 Å². The van der Waals surface area contributed by atoms with E-state index >= 15 is 0 Å². The number of nitrogens with zero attached hydrogens (tertiary/aromatic N) is 1. The van der Waals surface area contributed by atoms with E-state index in [1.54, 1.807) is 27.8 Å². The standard InChI is InChI=1S/C21H21NO2S2/c1-15-7-9-17(10-8-15)26(23,24)22-13-11-20-19(12-14-25-20)21(22)18-6-4-3-5-16(18)2/h3-10,12,14,21H,11,13H2,1-2H3/t21-/m0/s1. The van der Waals surface area contributed by atoms with Gasteiger partial charge in [-0.05, 0) is 60.5 Å². The molecule has 26 heavy (non-hydrogen) atoms. The fourth-order valence-corrected chi connectivity index (χ4v) is 6.11. The van der Waals surface area contributed by atoms with Gasteiger partial charge in [0.25, 0.3) is 0 Å². The molecule has 0 bridgehead atoms. The largest absolute Gasteiger partial charge is 0.243 e. The van der Waals surface area contributed by atoms with Crippen molar-refractivity contribution < 1.29 is 8.42 Å². The molecule has 1 atom stereocenters. The Morgan fingerprint density at radius 1 is 0.962 bits per heavy atom. The van der Waals surface area contributed by atoms with Gasteiger partial charge in [0.15, 0.2) is 0 Å². The number of hydrogen-bond donors (Lipinski definition) is 0. The first-order chi connectivity index (χ1) is 12.5. The van der Waals surface area contributed by atoms with Gasteiger partial charge in [0, 0.05) is 11.4 Å². The van der Waals surface area contributed by atoms with Gasteiger partial charge in [-0.1, -0.05) is 42.0 Å². The second-order valence-electron chi connectivity index (χ2n) is 6.74. The molecule has 1 aliphatic rings. The lowest BCUT2D eigenvalue weighted by Crippen LogP contribution is -2.40. The molecule has 0 radical (unpaired) electrons. The number of benzene rings is 2. The topological polar surface area (TPSA) is 37.4 Å². The molecule has 0 spiro atoms. The molecule has 1 aliphatic heterocycles. The van der Waals surface area contributed by atoms with Crippen LogP contribution in [0.1, 0.15) is 33.2 Å². The lowest BCUT2D eigenvalue weighted by atomic mass is 9.92.